The van der Waals surface area contributed by atoms with E-state index in [0.717, 1.165) is 11.1 Å². The summed E-state index contributed by atoms with van der Waals surface area (Å²) < 4.78 is 6.96. The topological polar surface area (TPSA) is 85.2 Å². The van der Waals surface area contributed by atoms with Crippen LogP contribution in [0.1, 0.15) is 38.3 Å². The monoisotopic (exact) mass is 358 g/mol. The van der Waals surface area contributed by atoms with Gasteiger partial charge in [0, 0.05) is 31.9 Å². The number of carbonyl (C=O) groups is 2. The van der Waals surface area contributed by atoms with E-state index in [1.165, 1.54) is 0 Å². The van der Waals surface area contributed by atoms with Gasteiger partial charge in [-0.3, -0.25) is 9.48 Å². The molecule has 2 amide bonds. The van der Waals surface area contributed by atoms with E-state index in [1.54, 1.807) is 27.0 Å². The van der Waals surface area contributed by atoms with Crippen molar-refractivity contribution >= 4 is 12.0 Å². The van der Waals surface area contributed by atoms with Gasteiger partial charge in [0.2, 0.25) is 5.91 Å². The molecule has 1 aromatic carbocycles. The zero-order chi connectivity index (χ0) is 19.0. The van der Waals surface area contributed by atoms with E-state index in [4.69, 9.17) is 4.74 Å². The van der Waals surface area contributed by atoms with Crippen LogP contribution in [0.2, 0.25) is 0 Å². The lowest BCUT2D eigenvalue weighted by Gasteiger charge is -2.19. The molecule has 2 aromatic rings. The first kappa shape index (κ1) is 19.5. The Morgan fingerprint density at radius 1 is 1.12 bits per heavy atom. The summed E-state index contributed by atoms with van der Waals surface area (Å²) in [6.07, 6.45) is 3.32. The van der Waals surface area contributed by atoms with Crippen molar-refractivity contribution < 1.29 is 14.3 Å². The minimum Gasteiger partial charge on any atom is -0.444 e. The van der Waals surface area contributed by atoms with Gasteiger partial charge in [0.1, 0.15) is 5.60 Å². The van der Waals surface area contributed by atoms with Crippen molar-refractivity contribution in [2.45, 2.75) is 45.9 Å². The molecular formula is C19H26N4O3. The Bertz CT molecular complexity index is 721. The Morgan fingerprint density at radius 3 is 2.50 bits per heavy atom. The third-order valence-electron chi connectivity index (χ3n) is 3.51. The number of benzene rings is 1. The average Bonchev–Trinajstić information content (AvgIpc) is 3.05. The Hall–Kier alpha value is -2.83. The Labute approximate surface area is 153 Å². The normalized spacial score (nSPS) is 11.0. The summed E-state index contributed by atoms with van der Waals surface area (Å²) in [6.45, 7) is 6.69. The Morgan fingerprint density at radius 2 is 1.85 bits per heavy atom. The van der Waals surface area contributed by atoms with Gasteiger partial charge >= 0.3 is 6.09 Å². The standard InChI is InChI=1S/C19H26N4O3/c1-19(2,3)26-18(25)20-11-9-17(24)21-13-15-7-4-5-8-16(15)14-23-12-6-10-22-23/h4-8,10,12H,9,11,13-14H2,1-3H3,(H,20,25)(H,21,24). The molecule has 0 aliphatic rings. The van der Waals surface area contributed by atoms with Crippen molar-refractivity contribution in [3.8, 4) is 0 Å². The molecule has 0 saturated heterocycles. The number of aromatic nitrogens is 2. The van der Waals surface area contributed by atoms with Crippen LogP contribution in [-0.4, -0.2) is 33.9 Å². The van der Waals surface area contributed by atoms with Crippen LogP contribution < -0.4 is 10.6 Å². The number of ether oxygens (including phenoxy) is 1. The smallest absolute Gasteiger partial charge is 0.407 e. The molecule has 7 heteroatoms. The van der Waals surface area contributed by atoms with E-state index < -0.39 is 11.7 Å². The summed E-state index contributed by atoms with van der Waals surface area (Å²) in [5.74, 6) is -0.130. The quantitative estimate of drug-likeness (QED) is 0.796. The van der Waals surface area contributed by atoms with Gasteiger partial charge in [-0.1, -0.05) is 24.3 Å². The van der Waals surface area contributed by atoms with Crippen molar-refractivity contribution in [2.24, 2.45) is 0 Å². The van der Waals surface area contributed by atoms with Crippen LogP contribution in [-0.2, 0) is 22.6 Å². The van der Waals surface area contributed by atoms with Crippen LogP contribution in [0.4, 0.5) is 4.79 Å². The number of nitrogens with one attached hydrogen (secondary N) is 2. The first-order chi connectivity index (χ1) is 12.3. The SMILES string of the molecule is CC(C)(C)OC(=O)NCCC(=O)NCc1ccccc1Cn1cccn1. The van der Waals surface area contributed by atoms with Crippen LogP contribution in [0, 0.1) is 0 Å². The van der Waals surface area contributed by atoms with Crippen molar-refractivity contribution in [3.63, 3.8) is 0 Å². The second kappa shape index (κ2) is 9.03. The second-order valence-corrected chi connectivity index (χ2v) is 6.93. The predicted molar refractivity (Wildman–Crippen MR) is 98.5 cm³/mol. The van der Waals surface area contributed by atoms with Gasteiger partial charge in [-0.05, 0) is 38.0 Å². The highest BCUT2D eigenvalue weighted by Crippen LogP contribution is 2.10. The molecule has 140 valence electrons. The van der Waals surface area contributed by atoms with Crippen molar-refractivity contribution in [1.29, 1.82) is 0 Å². The summed E-state index contributed by atoms with van der Waals surface area (Å²) in [7, 11) is 0. The van der Waals surface area contributed by atoms with Gasteiger partial charge in [0.15, 0.2) is 0 Å². The third kappa shape index (κ3) is 6.96. The number of hydrogen-bond donors (Lipinski definition) is 2. The Kier molecular flexibility index (Phi) is 6.77. The van der Waals surface area contributed by atoms with E-state index >= 15 is 0 Å². The molecule has 0 aliphatic carbocycles. The molecule has 26 heavy (non-hydrogen) atoms. The molecule has 2 N–H and O–H groups in total. The van der Waals surface area contributed by atoms with Crippen LogP contribution in [0.3, 0.4) is 0 Å². The van der Waals surface area contributed by atoms with E-state index in [1.807, 2.05) is 41.2 Å². The summed E-state index contributed by atoms with van der Waals surface area (Å²) in [5, 5.41) is 9.66. The first-order valence-electron chi connectivity index (χ1n) is 8.61. The molecule has 0 atom stereocenters. The maximum Gasteiger partial charge on any atom is 0.407 e. The largest absolute Gasteiger partial charge is 0.444 e. The fraction of sp³-hybridized carbons (Fsp3) is 0.421. The molecule has 2 rings (SSSR count). The maximum atomic E-state index is 12.0. The molecule has 0 radical (unpaired) electrons. The zero-order valence-electron chi connectivity index (χ0n) is 15.5. The lowest BCUT2D eigenvalue weighted by Crippen LogP contribution is -2.35. The highest BCUT2D eigenvalue weighted by atomic mass is 16.6. The minimum absolute atomic E-state index is 0.130. The van der Waals surface area contributed by atoms with Crippen LogP contribution in [0.5, 0.6) is 0 Å². The highest BCUT2D eigenvalue weighted by Gasteiger charge is 2.15. The summed E-state index contributed by atoms with van der Waals surface area (Å²) in [5.41, 5.74) is 1.59. The van der Waals surface area contributed by atoms with Gasteiger partial charge in [0.25, 0.3) is 0 Å². The molecule has 1 aromatic heterocycles. The maximum absolute atomic E-state index is 12.0. The van der Waals surface area contributed by atoms with Crippen LogP contribution in [0.25, 0.3) is 0 Å². The van der Waals surface area contributed by atoms with Crippen molar-refractivity contribution in [1.82, 2.24) is 20.4 Å². The average molecular weight is 358 g/mol. The van der Waals surface area contributed by atoms with Gasteiger partial charge in [-0.25, -0.2) is 4.79 Å². The molecule has 0 spiro atoms. The number of hydrogen-bond acceptors (Lipinski definition) is 4. The number of rotatable bonds is 7. The molecule has 0 fully saturated rings. The number of nitrogens with zero attached hydrogens (tertiary/aromatic N) is 2. The third-order valence-corrected chi connectivity index (χ3v) is 3.51. The lowest BCUT2D eigenvalue weighted by molar-refractivity contribution is -0.121. The molecule has 0 saturated carbocycles. The molecule has 0 aliphatic heterocycles. The van der Waals surface area contributed by atoms with E-state index in [-0.39, 0.29) is 18.9 Å². The highest BCUT2D eigenvalue weighted by molar-refractivity contribution is 5.77. The second-order valence-electron chi connectivity index (χ2n) is 6.93. The molecular weight excluding hydrogens is 332 g/mol. The summed E-state index contributed by atoms with van der Waals surface area (Å²) in [6, 6.07) is 9.79. The molecule has 0 unspecified atom stereocenters. The minimum atomic E-state index is -0.551. The van der Waals surface area contributed by atoms with Crippen molar-refractivity contribution in [2.75, 3.05) is 6.54 Å². The number of amides is 2. The molecule has 7 nitrogen and oxygen atoms in total. The fourth-order valence-electron chi connectivity index (χ4n) is 2.33. The predicted octanol–water partition coefficient (Wildman–Crippen LogP) is 2.46. The molecule has 1 heterocycles. The fourth-order valence-corrected chi connectivity index (χ4v) is 2.33. The Balaban J connectivity index is 1.76. The van der Waals surface area contributed by atoms with Gasteiger partial charge in [0.05, 0.1) is 6.54 Å². The van der Waals surface area contributed by atoms with Gasteiger partial charge < -0.3 is 15.4 Å². The van der Waals surface area contributed by atoms with Gasteiger partial charge in [-0.2, -0.15) is 5.10 Å². The van der Waals surface area contributed by atoms with E-state index in [2.05, 4.69) is 15.7 Å². The first-order valence-corrected chi connectivity index (χ1v) is 8.61. The summed E-state index contributed by atoms with van der Waals surface area (Å²) in [4.78, 5) is 23.5. The van der Waals surface area contributed by atoms with Gasteiger partial charge in [-0.15, -0.1) is 0 Å². The van der Waals surface area contributed by atoms with Crippen LogP contribution >= 0.6 is 0 Å². The number of carbonyl (C=O) groups excluding carboxylic acids is 2. The number of alkyl carbamates (subject to hydrolysis) is 1. The van der Waals surface area contributed by atoms with E-state index in [9.17, 15) is 9.59 Å². The van der Waals surface area contributed by atoms with E-state index in [0.29, 0.717) is 13.1 Å². The van der Waals surface area contributed by atoms with Crippen LogP contribution in [0.15, 0.2) is 42.7 Å². The van der Waals surface area contributed by atoms with Crippen molar-refractivity contribution in [3.05, 3.63) is 53.9 Å². The zero-order valence-corrected chi connectivity index (χ0v) is 15.5. The molecule has 0 bridgehead atoms. The summed E-state index contributed by atoms with van der Waals surface area (Å²) >= 11 is 0. The lowest BCUT2D eigenvalue weighted by atomic mass is 10.1.